The first-order valence-corrected chi connectivity index (χ1v) is 4.90. The summed E-state index contributed by atoms with van der Waals surface area (Å²) in [5, 5.41) is 16.8. The molecular weight excluding hydrogens is 200 g/mol. The molecule has 0 bridgehead atoms. The lowest BCUT2D eigenvalue weighted by Gasteiger charge is -2.02. The highest BCUT2D eigenvalue weighted by Crippen LogP contribution is 2.22. The Kier molecular flexibility index (Phi) is 2.71. The molecule has 5 heteroatoms. The van der Waals surface area contributed by atoms with Crippen LogP contribution in [0.4, 0.5) is 0 Å². The molecular formula is C9H8N2O2S. The van der Waals surface area contributed by atoms with Gasteiger partial charge in [-0.1, -0.05) is 28.6 Å². The second-order valence-corrected chi connectivity index (χ2v) is 3.41. The van der Waals surface area contributed by atoms with Gasteiger partial charge in [-0.25, -0.2) is 0 Å². The van der Waals surface area contributed by atoms with Gasteiger partial charge in [0.05, 0.1) is 6.61 Å². The maximum Gasteiger partial charge on any atom is 0.299 e. The van der Waals surface area contributed by atoms with Gasteiger partial charge in [0, 0.05) is 0 Å². The summed E-state index contributed by atoms with van der Waals surface area (Å²) in [7, 11) is 0. The number of hydrogen-bond acceptors (Lipinski definition) is 5. The number of aromatic nitrogens is 2. The van der Waals surface area contributed by atoms with Crippen LogP contribution in [0.2, 0.25) is 0 Å². The molecule has 2 rings (SSSR count). The van der Waals surface area contributed by atoms with Crippen LogP contribution in [0, 0.1) is 0 Å². The summed E-state index contributed by atoms with van der Waals surface area (Å²) in [6, 6.07) is 7.22. The fourth-order valence-electron chi connectivity index (χ4n) is 1.02. The lowest BCUT2D eigenvalue weighted by atomic mass is 10.2. The third-order valence-electron chi connectivity index (χ3n) is 1.63. The predicted molar refractivity (Wildman–Crippen MR) is 52.3 cm³/mol. The number of aliphatic hydroxyl groups excluding tert-OH is 1. The molecule has 0 saturated carbocycles. The molecule has 0 spiro atoms. The lowest BCUT2D eigenvalue weighted by Crippen LogP contribution is -1.86. The van der Waals surface area contributed by atoms with E-state index in [9.17, 15) is 0 Å². The number of aliphatic hydroxyl groups is 1. The van der Waals surface area contributed by atoms with Crippen LogP contribution >= 0.6 is 11.3 Å². The van der Waals surface area contributed by atoms with Crippen LogP contribution in [0.1, 0.15) is 5.56 Å². The molecule has 1 heterocycles. The zero-order chi connectivity index (χ0) is 9.80. The van der Waals surface area contributed by atoms with E-state index in [2.05, 4.69) is 10.2 Å². The Morgan fingerprint density at radius 3 is 3.07 bits per heavy atom. The van der Waals surface area contributed by atoms with Gasteiger partial charge >= 0.3 is 0 Å². The summed E-state index contributed by atoms with van der Waals surface area (Å²) in [6.07, 6.45) is 0. The third kappa shape index (κ3) is 2.07. The molecule has 0 aliphatic heterocycles. The molecule has 0 saturated heterocycles. The zero-order valence-electron chi connectivity index (χ0n) is 7.25. The minimum absolute atomic E-state index is 0.00726. The molecule has 0 fully saturated rings. The van der Waals surface area contributed by atoms with Crippen molar-refractivity contribution < 1.29 is 9.84 Å². The molecule has 1 aromatic heterocycles. The van der Waals surface area contributed by atoms with E-state index in [4.69, 9.17) is 9.84 Å². The van der Waals surface area contributed by atoms with Gasteiger partial charge < -0.3 is 9.84 Å². The number of rotatable bonds is 3. The van der Waals surface area contributed by atoms with Crippen LogP contribution in [0.25, 0.3) is 0 Å². The van der Waals surface area contributed by atoms with E-state index >= 15 is 0 Å². The van der Waals surface area contributed by atoms with E-state index < -0.39 is 0 Å². The minimum Gasteiger partial charge on any atom is -0.430 e. The van der Waals surface area contributed by atoms with Crippen LogP contribution in [0.15, 0.2) is 29.8 Å². The van der Waals surface area contributed by atoms with Crippen LogP contribution in [-0.4, -0.2) is 15.3 Å². The average Bonchev–Trinajstić information content (AvgIpc) is 2.71. The maximum absolute atomic E-state index is 8.91. The van der Waals surface area contributed by atoms with E-state index in [1.807, 2.05) is 12.1 Å². The number of benzene rings is 1. The summed E-state index contributed by atoms with van der Waals surface area (Å²) in [6.45, 7) is 0.00726. The molecule has 1 aromatic carbocycles. The second-order valence-electron chi connectivity index (χ2n) is 2.61. The third-order valence-corrected chi connectivity index (χ3v) is 2.19. The molecule has 0 aliphatic carbocycles. The van der Waals surface area contributed by atoms with Crippen molar-refractivity contribution in [3.63, 3.8) is 0 Å². The Hall–Kier alpha value is -1.46. The van der Waals surface area contributed by atoms with Crippen LogP contribution < -0.4 is 4.74 Å². The van der Waals surface area contributed by atoms with Crippen molar-refractivity contribution in [1.82, 2.24) is 10.2 Å². The minimum atomic E-state index is 0.00726. The standard InChI is InChI=1S/C9H8N2O2S/c12-5-7-2-1-3-8(4-7)13-9-11-10-6-14-9/h1-4,6,12H,5H2. The normalized spacial score (nSPS) is 10.1. The van der Waals surface area contributed by atoms with Crippen molar-refractivity contribution in [1.29, 1.82) is 0 Å². The monoisotopic (exact) mass is 208 g/mol. The average molecular weight is 208 g/mol. The fourth-order valence-corrected chi connectivity index (χ4v) is 1.44. The van der Waals surface area contributed by atoms with Crippen molar-refractivity contribution >= 4 is 11.3 Å². The van der Waals surface area contributed by atoms with E-state index in [-0.39, 0.29) is 6.61 Å². The van der Waals surface area contributed by atoms with Gasteiger partial charge in [0.1, 0.15) is 11.3 Å². The highest BCUT2D eigenvalue weighted by molar-refractivity contribution is 7.11. The van der Waals surface area contributed by atoms with Crippen molar-refractivity contribution in [2.75, 3.05) is 0 Å². The quantitative estimate of drug-likeness (QED) is 0.836. The van der Waals surface area contributed by atoms with Crippen molar-refractivity contribution in [2.45, 2.75) is 6.61 Å². The Morgan fingerprint density at radius 2 is 2.36 bits per heavy atom. The molecule has 1 N–H and O–H groups in total. The molecule has 2 aromatic rings. The molecule has 0 atom stereocenters. The molecule has 4 nitrogen and oxygen atoms in total. The molecule has 0 unspecified atom stereocenters. The highest BCUT2D eigenvalue weighted by Gasteiger charge is 2.00. The fraction of sp³-hybridized carbons (Fsp3) is 0.111. The van der Waals surface area contributed by atoms with E-state index in [1.54, 1.807) is 17.6 Å². The molecule has 0 amide bonds. The summed E-state index contributed by atoms with van der Waals surface area (Å²) < 4.78 is 5.39. The summed E-state index contributed by atoms with van der Waals surface area (Å²) in [4.78, 5) is 0. The largest absolute Gasteiger partial charge is 0.430 e. The Morgan fingerprint density at radius 1 is 1.43 bits per heavy atom. The maximum atomic E-state index is 8.91. The number of ether oxygens (including phenoxy) is 1. The molecule has 0 aliphatic rings. The van der Waals surface area contributed by atoms with Gasteiger partial charge in [-0.05, 0) is 17.7 Å². The molecule has 14 heavy (non-hydrogen) atoms. The summed E-state index contributed by atoms with van der Waals surface area (Å²) in [5.41, 5.74) is 2.41. The smallest absolute Gasteiger partial charge is 0.299 e. The molecule has 72 valence electrons. The van der Waals surface area contributed by atoms with Crippen molar-refractivity contribution in [2.24, 2.45) is 0 Å². The Labute approximate surface area is 84.8 Å². The van der Waals surface area contributed by atoms with Gasteiger partial charge in [-0.3, -0.25) is 0 Å². The van der Waals surface area contributed by atoms with Gasteiger partial charge in [0.25, 0.3) is 5.19 Å². The van der Waals surface area contributed by atoms with Gasteiger partial charge in [-0.15, -0.1) is 5.10 Å². The van der Waals surface area contributed by atoms with Crippen molar-refractivity contribution in [3.8, 4) is 10.9 Å². The number of hydrogen-bond donors (Lipinski definition) is 1. The Balaban J connectivity index is 2.17. The lowest BCUT2D eigenvalue weighted by molar-refractivity contribution is 0.281. The molecule has 0 radical (unpaired) electrons. The zero-order valence-corrected chi connectivity index (χ0v) is 8.07. The van der Waals surface area contributed by atoms with Gasteiger partial charge in [0.15, 0.2) is 0 Å². The van der Waals surface area contributed by atoms with E-state index in [1.165, 1.54) is 11.3 Å². The van der Waals surface area contributed by atoms with Crippen LogP contribution in [0.3, 0.4) is 0 Å². The first-order chi connectivity index (χ1) is 6.88. The summed E-state index contributed by atoms with van der Waals surface area (Å²) in [5.74, 6) is 0.660. The van der Waals surface area contributed by atoms with Gasteiger partial charge in [-0.2, -0.15) is 0 Å². The van der Waals surface area contributed by atoms with E-state index in [0.717, 1.165) is 5.56 Å². The van der Waals surface area contributed by atoms with Gasteiger partial charge in [0.2, 0.25) is 0 Å². The topological polar surface area (TPSA) is 55.2 Å². The SMILES string of the molecule is OCc1cccc(Oc2nncs2)c1. The van der Waals surface area contributed by atoms with Crippen LogP contribution in [0.5, 0.6) is 10.9 Å². The van der Waals surface area contributed by atoms with Crippen molar-refractivity contribution in [3.05, 3.63) is 35.3 Å². The Bertz CT molecular complexity index is 403. The summed E-state index contributed by atoms with van der Waals surface area (Å²) >= 11 is 1.32. The first-order valence-electron chi connectivity index (χ1n) is 4.02. The van der Waals surface area contributed by atoms with Crippen LogP contribution in [-0.2, 0) is 6.61 Å². The predicted octanol–water partition coefficient (Wildman–Crippen LogP) is 1.82. The number of nitrogens with zero attached hydrogens (tertiary/aromatic N) is 2. The first kappa shape index (κ1) is 9.11. The highest BCUT2D eigenvalue weighted by atomic mass is 32.1. The van der Waals surface area contributed by atoms with E-state index in [0.29, 0.717) is 10.9 Å². The second kappa shape index (κ2) is 4.17.